The third-order valence-corrected chi connectivity index (χ3v) is 6.00. The maximum absolute atomic E-state index is 13.9. The monoisotopic (exact) mass is 518 g/mol. The van der Waals surface area contributed by atoms with Gasteiger partial charge in [-0.1, -0.05) is 0 Å². The van der Waals surface area contributed by atoms with E-state index < -0.39 is 17.2 Å². The minimum absolute atomic E-state index is 0.00276. The molecule has 1 amide bonds. The molecule has 2 heterocycles. The van der Waals surface area contributed by atoms with Crippen molar-refractivity contribution >= 4 is 21.8 Å². The first-order valence-corrected chi connectivity index (χ1v) is 11.1. The lowest BCUT2D eigenvalue weighted by atomic mass is 10.1. The van der Waals surface area contributed by atoms with E-state index in [1.54, 1.807) is 36.1 Å². The molecule has 0 atom stereocenters. The smallest absolute Gasteiger partial charge is 0.276 e. The summed E-state index contributed by atoms with van der Waals surface area (Å²) in [7, 11) is 0. The molecular weight excluding hydrogens is 498 g/mol. The summed E-state index contributed by atoms with van der Waals surface area (Å²) < 4.78 is 33.9. The quantitative estimate of drug-likeness (QED) is 0.561. The Morgan fingerprint density at radius 2 is 1.85 bits per heavy atom. The first-order valence-electron chi connectivity index (χ1n) is 10.3. The van der Waals surface area contributed by atoms with Gasteiger partial charge in [0.25, 0.3) is 11.5 Å². The van der Waals surface area contributed by atoms with Gasteiger partial charge in [-0.15, -0.1) is 0 Å². The highest BCUT2D eigenvalue weighted by Crippen LogP contribution is 2.22. The molecule has 0 radical (unpaired) electrons. The summed E-state index contributed by atoms with van der Waals surface area (Å²) in [6.45, 7) is 4.25. The summed E-state index contributed by atoms with van der Waals surface area (Å²) in [5, 5.41) is 3.21. The Labute approximate surface area is 197 Å². The van der Waals surface area contributed by atoms with E-state index >= 15 is 0 Å². The largest absolute Gasteiger partial charge is 0.472 e. The van der Waals surface area contributed by atoms with Crippen LogP contribution in [0.25, 0.3) is 5.69 Å². The molecule has 1 saturated heterocycles. The molecule has 0 aliphatic carbocycles. The van der Waals surface area contributed by atoms with Crippen LogP contribution >= 0.6 is 15.9 Å². The summed E-state index contributed by atoms with van der Waals surface area (Å²) in [6.07, 6.45) is 0. The standard InChI is InChI=1S/C23H21BrF2N4O3/c1-14-28-21(33-13-16-2-5-17(25)12-19(16)26)20(24)23(32)30(14)18-6-3-15(4-7-18)22(31)29-10-8-27-9-11-29/h2-7,12,27H,8-11,13H2,1H3. The molecule has 7 nitrogen and oxygen atoms in total. The zero-order valence-corrected chi connectivity index (χ0v) is 19.4. The zero-order valence-electron chi connectivity index (χ0n) is 17.8. The van der Waals surface area contributed by atoms with E-state index in [0.717, 1.165) is 25.2 Å². The maximum atomic E-state index is 13.9. The first-order chi connectivity index (χ1) is 15.8. The SMILES string of the molecule is Cc1nc(OCc2ccc(F)cc2F)c(Br)c(=O)n1-c1ccc(C(=O)N2CCNCC2)cc1. The fourth-order valence-electron chi connectivity index (χ4n) is 3.57. The first kappa shape index (κ1) is 23.1. The molecule has 4 rings (SSSR count). The van der Waals surface area contributed by atoms with Crippen molar-refractivity contribution < 1.29 is 18.3 Å². The van der Waals surface area contributed by atoms with Crippen molar-refractivity contribution in [3.8, 4) is 11.6 Å². The van der Waals surface area contributed by atoms with Crippen LogP contribution in [0.5, 0.6) is 5.88 Å². The van der Waals surface area contributed by atoms with Crippen LogP contribution in [0.2, 0.25) is 0 Å². The number of ether oxygens (including phenoxy) is 1. The average Bonchev–Trinajstić information content (AvgIpc) is 2.82. The predicted octanol–water partition coefficient (Wildman–Crippen LogP) is 3.21. The van der Waals surface area contributed by atoms with Crippen molar-refractivity contribution in [2.45, 2.75) is 13.5 Å². The number of nitrogens with one attached hydrogen (secondary N) is 1. The number of halogens is 3. The summed E-state index contributed by atoms with van der Waals surface area (Å²) >= 11 is 3.21. The number of rotatable bonds is 5. The number of carbonyl (C=O) groups excluding carboxylic acids is 1. The summed E-state index contributed by atoms with van der Waals surface area (Å²) in [6, 6.07) is 9.90. The molecule has 1 aliphatic rings. The van der Waals surface area contributed by atoms with E-state index in [1.807, 2.05) is 0 Å². The van der Waals surface area contributed by atoms with Gasteiger partial charge < -0.3 is 15.0 Å². The second-order valence-electron chi connectivity index (χ2n) is 7.53. The van der Waals surface area contributed by atoms with Gasteiger partial charge in [-0.2, -0.15) is 4.98 Å². The van der Waals surface area contributed by atoms with Crippen LogP contribution in [-0.2, 0) is 6.61 Å². The fraction of sp³-hybridized carbons (Fsp3) is 0.261. The summed E-state index contributed by atoms with van der Waals surface area (Å²) in [5.41, 5.74) is 0.799. The molecule has 2 aromatic carbocycles. The number of hydrogen-bond acceptors (Lipinski definition) is 5. The van der Waals surface area contributed by atoms with Crippen LogP contribution in [0.1, 0.15) is 21.7 Å². The number of nitrogens with zero attached hydrogens (tertiary/aromatic N) is 3. The predicted molar refractivity (Wildman–Crippen MR) is 122 cm³/mol. The molecule has 1 aromatic heterocycles. The highest BCUT2D eigenvalue weighted by Gasteiger charge is 2.19. The summed E-state index contributed by atoms with van der Waals surface area (Å²) in [5.74, 6) is -1.13. The number of amides is 1. The Morgan fingerprint density at radius 3 is 2.52 bits per heavy atom. The number of carbonyl (C=O) groups is 1. The van der Waals surface area contributed by atoms with Crippen molar-refractivity contribution in [2.24, 2.45) is 0 Å². The van der Waals surface area contributed by atoms with Crippen molar-refractivity contribution in [3.05, 3.63) is 85.9 Å². The Bertz CT molecular complexity index is 1240. The lowest BCUT2D eigenvalue weighted by Gasteiger charge is -2.27. The Morgan fingerprint density at radius 1 is 1.15 bits per heavy atom. The molecule has 172 valence electrons. The molecule has 1 fully saturated rings. The van der Waals surface area contributed by atoms with E-state index in [2.05, 4.69) is 26.2 Å². The van der Waals surface area contributed by atoms with Crippen molar-refractivity contribution in [1.82, 2.24) is 19.8 Å². The highest BCUT2D eigenvalue weighted by atomic mass is 79.9. The van der Waals surface area contributed by atoms with Crippen LogP contribution in [0, 0.1) is 18.6 Å². The molecule has 3 aromatic rings. The maximum Gasteiger partial charge on any atom is 0.276 e. The zero-order chi connectivity index (χ0) is 23.5. The highest BCUT2D eigenvalue weighted by molar-refractivity contribution is 9.10. The Kier molecular flexibility index (Phi) is 6.85. The number of hydrogen-bond donors (Lipinski definition) is 1. The van der Waals surface area contributed by atoms with Crippen molar-refractivity contribution in [3.63, 3.8) is 0 Å². The van der Waals surface area contributed by atoms with E-state index in [4.69, 9.17) is 4.74 Å². The van der Waals surface area contributed by atoms with Gasteiger partial charge in [0, 0.05) is 43.4 Å². The van der Waals surface area contributed by atoms with Gasteiger partial charge in [0.2, 0.25) is 5.88 Å². The van der Waals surface area contributed by atoms with Gasteiger partial charge in [-0.05, 0) is 59.3 Å². The minimum atomic E-state index is -0.744. The second kappa shape index (κ2) is 9.80. The van der Waals surface area contributed by atoms with Gasteiger partial charge in [-0.25, -0.2) is 8.78 Å². The molecule has 0 unspecified atom stereocenters. The second-order valence-corrected chi connectivity index (χ2v) is 8.33. The topological polar surface area (TPSA) is 76.5 Å². The van der Waals surface area contributed by atoms with Crippen LogP contribution in [0.15, 0.2) is 51.7 Å². The lowest BCUT2D eigenvalue weighted by Crippen LogP contribution is -2.46. The molecule has 1 aliphatic heterocycles. The molecule has 1 N–H and O–H groups in total. The van der Waals surface area contributed by atoms with Gasteiger partial charge >= 0.3 is 0 Å². The van der Waals surface area contributed by atoms with E-state index in [0.29, 0.717) is 30.2 Å². The van der Waals surface area contributed by atoms with E-state index in [1.165, 1.54) is 10.6 Å². The van der Waals surface area contributed by atoms with Crippen LogP contribution in [-0.4, -0.2) is 46.5 Å². The number of benzene rings is 2. The fourth-order valence-corrected chi connectivity index (χ4v) is 3.95. The normalized spacial score (nSPS) is 13.8. The number of aromatic nitrogens is 2. The third kappa shape index (κ3) is 4.96. The molecule has 0 spiro atoms. The van der Waals surface area contributed by atoms with Gasteiger partial charge in [-0.3, -0.25) is 14.2 Å². The van der Waals surface area contributed by atoms with E-state index in [9.17, 15) is 18.4 Å². The Balaban J connectivity index is 1.55. The molecule has 10 heteroatoms. The van der Waals surface area contributed by atoms with Crippen LogP contribution in [0.3, 0.4) is 0 Å². The van der Waals surface area contributed by atoms with Gasteiger partial charge in [0.1, 0.15) is 28.5 Å². The minimum Gasteiger partial charge on any atom is -0.472 e. The lowest BCUT2D eigenvalue weighted by molar-refractivity contribution is 0.0736. The summed E-state index contributed by atoms with van der Waals surface area (Å²) in [4.78, 5) is 31.8. The Hall–Kier alpha value is -3.11. The average molecular weight is 519 g/mol. The molecular formula is C23H21BrF2N4O3. The van der Waals surface area contributed by atoms with Crippen molar-refractivity contribution in [2.75, 3.05) is 26.2 Å². The third-order valence-electron chi connectivity index (χ3n) is 5.32. The van der Waals surface area contributed by atoms with Crippen molar-refractivity contribution in [1.29, 1.82) is 0 Å². The van der Waals surface area contributed by atoms with Crippen LogP contribution < -0.4 is 15.6 Å². The van der Waals surface area contributed by atoms with Gasteiger partial charge in [0.15, 0.2) is 0 Å². The number of aryl methyl sites for hydroxylation is 1. The number of piperazine rings is 1. The van der Waals surface area contributed by atoms with Gasteiger partial charge in [0.05, 0.1) is 5.69 Å². The van der Waals surface area contributed by atoms with E-state index in [-0.39, 0.29) is 28.4 Å². The molecule has 33 heavy (non-hydrogen) atoms. The molecule has 0 saturated carbocycles. The molecule has 0 bridgehead atoms. The van der Waals surface area contributed by atoms with Crippen LogP contribution in [0.4, 0.5) is 8.78 Å².